The van der Waals surface area contributed by atoms with Gasteiger partial charge >= 0.3 is 0 Å². The predicted octanol–water partition coefficient (Wildman–Crippen LogP) is 2.37. The van der Waals surface area contributed by atoms with Gasteiger partial charge in [0.2, 0.25) is 0 Å². The van der Waals surface area contributed by atoms with Crippen LogP contribution in [0.2, 0.25) is 0 Å². The monoisotopic (exact) mass is 312 g/mol. The number of nitrogens with one attached hydrogen (secondary N) is 2. The van der Waals surface area contributed by atoms with E-state index >= 15 is 0 Å². The average Bonchev–Trinajstić information content (AvgIpc) is 3.16. The van der Waals surface area contributed by atoms with Crippen LogP contribution in [-0.4, -0.2) is 26.5 Å². The quantitative estimate of drug-likeness (QED) is 0.726. The summed E-state index contributed by atoms with van der Waals surface area (Å²) in [6, 6.07) is 7.10. The number of aryl methyl sites for hydroxylation is 1. The first-order valence-corrected chi connectivity index (χ1v) is 6.82. The summed E-state index contributed by atoms with van der Waals surface area (Å²) in [5.74, 6) is -1.49. The van der Waals surface area contributed by atoms with Gasteiger partial charge in [-0.05, 0) is 18.2 Å². The highest BCUT2D eigenvalue weighted by atomic mass is 19.1. The third-order valence-corrected chi connectivity index (χ3v) is 3.27. The van der Waals surface area contributed by atoms with Crippen LogP contribution in [-0.2, 0) is 7.05 Å². The molecule has 1 aromatic carbocycles. The molecule has 2 N–H and O–H groups in total. The standard InChI is InChI=1S/C16H13FN4O2/c1-21-9-11(8-19-21)20-16(23)14-6-10(7-18-14)15(22)12-4-2-3-5-13(12)17/h2-9,18H,1H3,(H,20,23). The first-order valence-electron chi connectivity index (χ1n) is 6.82. The van der Waals surface area contributed by atoms with Gasteiger partial charge in [0.1, 0.15) is 11.5 Å². The molecule has 0 saturated heterocycles. The van der Waals surface area contributed by atoms with E-state index in [1.807, 2.05) is 0 Å². The fraction of sp³-hybridized carbons (Fsp3) is 0.0625. The normalized spacial score (nSPS) is 10.5. The zero-order valence-electron chi connectivity index (χ0n) is 12.2. The number of anilines is 1. The van der Waals surface area contributed by atoms with Gasteiger partial charge in [-0.1, -0.05) is 12.1 Å². The molecule has 3 aromatic rings. The second-order valence-corrected chi connectivity index (χ2v) is 4.97. The second kappa shape index (κ2) is 5.88. The Hall–Kier alpha value is -3.22. The molecule has 116 valence electrons. The minimum Gasteiger partial charge on any atom is -0.356 e. The topological polar surface area (TPSA) is 79.8 Å². The molecule has 1 amide bonds. The Balaban J connectivity index is 1.79. The lowest BCUT2D eigenvalue weighted by Crippen LogP contribution is -2.11. The summed E-state index contributed by atoms with van der Waals surface area (Å²) in [7, 11) is 1.73. The van der Waals surface area contributed by atoms with Crippen molar-refractivity contribution >= 4 is 17.4 Å². The summed E-state index contributed by atoms with van der Waals surface area (Å²) >= 11 is 0. The number of carbonyl (C=O) groups excluding carboxylic acids is 2. The fourth-order valence-corrected chi connectivity index (χ4v) is 2.14. The first-order chi connectivity index (χ1) is 11.0. The summed E-state index contributed by atoms with van der Waals surface area (Å²) in [4.78, 5) is 27.1. The molecule has 0 saturated carbocycles. The van der Waals surface area contributed by atoms with Crippen molar-refractivity contribution in [2.24, 2.45) is 7.05 Å². The maximum atomic E-state index is 13.7. The van der Waals surface area contributed by atoms with Crippen LogP contribution in [0.25, 0.3) is 0 Å². The van der Waals surface area contributed by atoms with Gasteiger partial charge in [-0.15, -0.1) is 0 Å². The molecule has 6 nitrogen and oxygen atoms in total. The second-order valence-electron chi connectivity index (χ2n) is 4.97. The van der Waals surface area contributed by atoms with Crippen LogP contribution in [0.3, 0.4) is 0 Å². The number of amides is 1. The molecule has 7 heteroatoms. The van der Waals surface area contributed by atoms with Crippen molar-refractivity contribution in [1.82, 2.24) is 14.8 Å². The third kappa shape index (κ3) is 3.03. The maximum Gasteiger partial charge on any atom is 0.272 e. The Kier molecular flexibility index (Phi) is 3.76. The Morgan fingerprint density at radius 2 is 2.09 bits per heavy atom. The minimum absolute atomic E-state index is 0.0364. The van der Waals surface area contributed by atoms with E-state index < -0.39 is 17.5 Å². The number of hydrogen-bond donors (Lipinski definition) is 2. The van der Waals surface area contributed by atoms with Crippen molar-refractivity contribution in [1.29, 1.82) is 0 Å². The van der Waals surface area contributed by atoms with Crippen LogP contribution in [0.15, 0.2) is 48.9 Å². The molecule has 0 aliphatic rings. The molecular weight excluding hydrogens is 299 g/mol. The first kappa shape index (κ1) is 14.7. The van der Waals surface area contributed by atoms with Crippen molar-refractivity contribution in [3.63, 3.8) is 0 Å². The minimum atomic E-state index is -0.597. The van der Waals surface area contributed by atoms with Gasteiger partial charge in [0.15, 0.2) is 5.78 Å². The lowest BCUT2D eigenvalue weighted by atomic mass is 10.1. The van der Waals surface area contributed by atoms with Crippen LogP contribution >= 0.6 is 0 Å². The van der Waals surface area contributed by atoms with Crippen molar-refractivity contribution in [3.8, 4) is 0 Å². The Morgan fingerprint density at radius 1 is 1.30 bits per heavy atom. The molecule has 0 fully saturated rings. The van der Waals surface area contributed by atoms with E-state index in [2.05, 4.69) is 15.4 Å². The Bertz CT molecular complexity index is 882. The van der Waals surface area contributed by atoms with Crippen LogP contribution in [0, 0.1) is 5.82 Å². The molecule has 2 heterocycles. The molecule has 23 heavy (non-hydrogen) atoms. The fourth-order valence-electron chi connectivity index (χ4n) is 2.14. The highest BCUT2D eigenvalue weighted by Crippen LogP contribution is 2.15. The summed E-state index contributed by atoms with van der Waals surface area (Å²) in [6.45, 7) is 0. The molecule has 3 rings (SSSR count). The van der Waals surface area contributed by atoms with Gasteiger partial charge in [0.25, 0.3) is 5.91 Å². The zero-order valence-corrected chi connectivity index (χ0v) is 12.2. The van der Waals surface area contributed by atoms with Gasteiger partial charge in [-0.2, -0.15) is 5.10 Å². The summed E-state index contributed by atoms with van der Waals surface area (Å²) < 4.78 is 15.2. The number of nitrogens with zero attached hydrogens (tertiary/aromatic N) is 2. The van der Waals surface area contributed by atoms with E-state index in [1.165, 1.54) is 36.7 Å². The van der Waals surface area contributed by atoms with E-state index in [9.17, 15) is 14.0 Å². The molecule has 0 bridgehead atoms. The van der Waals surface area contributed by atoms with E-state index in [0.29, 0.717) is 5.69 Å². The maximum absolute atomic E-state index is 13.7. The highest BCUT2D eigenvalue weighted by molar-refractivity contribution is 6.11. The summed E-state index contributed by atoms with van der Waals surface area (Å²) in [5, 5.41) is 6.59. The van der Waals surface area contributed by atoms with Gasteiger partial charge in [0, 0.05) is 25.0 Å². The van der Waals surface area contributed by atoms with Crippen LogP contribution < -0.4 is 5.32 Å². The van der Waals surface area contributed by atoms with E-state index in [1.54, 1.807) is 24.0 Å². The highest BCUT2D eigenvalue weighted by Gasteiger charge is 2.17. The Morgan fingerprint density at radius 3 is 2.78 bits per heavy atom. The van der Waals surface area contributed by atoms with Gasteiger partial charge in [-0.3, -0.25) is 14.3 Å². The van der Waals surface area contributed by atoms with Crippen molar-refractivity contribution in [3.05, 3.63) is 71.6 Å². The molecule has 0 radical (unpaired) electrons. The number of aromatic nitrogens is 3. The van der Waals surface area contributed by atoms with Crippen molar-refractivity contribution < 1.29 is 14.0 Å². The number of H-pyrrole nitrogens is 1. The van der Waals surface area contributed by atoms with Gasteiger partial charge < -0.3 is 10.3 Å². The average molecular weight is 312 g/mol. The molecule has 2 aromatic heterocycles. The van der Waals surface area contributed by atoms with Crippen molar-refractivity contribution in [2.75, 3.05) is 5.32 Å². The number of hydrogen-bond acceptors (Lipinski definition) is 3. The number of halogens is 1. The lowest BCUT2D eigenvalue weighted by Gasteiger charge is -2.00. The number of aromatic amines is 1. The predicted molar refractivity (Wildman–Crippen MR) is 81.8 cm³/mol. The number of benzene rings is 1. The van der Waals surface area contributed by atoms with Gasteiger partial charge in [0.05, 0.1) is 17.4 Å². The third-order valence-electron chi connectivity index (χ3n) is 3.27. The van der Waals surface area contributed by atoms with Crippen LogP contribution in [0.4, 0.5) is 10.1 Å². The summed E-state index contributed by atoms with van der Waals surface area (Å²) in [6.07, 6.45) is 4.53. The molecule has 0 atom stereocenters. The van der Waals surface area contributed by atoms with Crippen LogP contribution in [0.1, 0.15) is 26.4 Å². The SMILES string of the molecule is Cn1cc(NC(=O)c2cc(C(=O)c3ccccc3F)c[nH]2)cn1. The van der Waals surface area contributed by atoms with Crippen LogP contribution in [0.5, 0.6) is 0 Å². The molecular formula is C16H13FN4O2. The van der Waals surface area contributed by atoms with Crippen molar-refractivity contribution in [2.45, 2.75) is 0 Å². The van der Waals surface area contributed by atoms with E-state index in [4.69, 9.17) is 0 Å². The number of ketones is 1. The molecule has 0 aliphatic heterocycles. The zero-order chi connectivity index (χ0) is 16.4. The summed E-state index contributed by atoms with van der Waals surface area (Å²) in [5.41, 5.74) is 0.916. The molecule has 0 spiro atoms. The van der Waals surface area contributed by atoms with Gasteiger partial charge in [-0.25, -0.2) is 4.39 Å². The van der Waals surface area contributed by atoms with E-state index in [-0.39, 0.29) is 16.8 Å². The smallest absolute Gasteiger partial charge is 0.272 e. The van der Waals surface area contributed by atoms with E-state index in [0.717, 1.165) is 0 Å². The number of rotatable bonds is 4. The molecule has 0 unspecified atom stereocenters. The lowest BCUT2D eigenvalue weighted by molar-refractivity contribution is 0.102. The molecule has 0 aliphatic carbocycles. The number of carbonyl (C=O) groups is 2. The largest absolute Gasteiger partial charge is 0.356 e. The Labute approximate surface area is 130 Å².